The summed E-state index contributed by atoms with van der Waals surface area (Å²) in [6.45, 7) is 5.85. The van der Waals surface area contributed by atoms with Gasteiger partial charge in [0.05, 0.1) is 30.2 Å². The van der Waals surface area contributed by atoms with Gasteiger partial charge in [-0.2, -0.15) is 5.26 Å². The number of amides is 1. The van der Waals surface area contributed by atoms with Crippen LogP contribution in [0.2, 0.25) is 0 Å². The average molecular weight is 341 g/mol. The van der Waals surface area contributed by atoms with E-state index in [0.29, 0.717) is 25.2 Å². The summed E-state index contributed by atoms with van der Waals surface area (Å²) in [5, 5.41) is 8.90. The van der Waals surface area contributed by atoms with Gasteiger partial charge in [0, 0.05) is 25.3 Å². The maximum absolute atomic E-state index is 12.9. The molecule has 2 saturated heterocycles. The Balaban J connectivity index is 1.74. The molecule has 1 aromatic carbocycles. The van der Waals surface area contributed by atoms with Crippen LogP contribution in [0.5, 0.6) is 0 Å². The molecule has 0 aliphatic carbocycles. The van der Waals surface area contributed by atoms with Crippen molar-refractivity contribution in [2.24, 2.45) is 11.3 Å². The molecule has 0 radical (unpaired) electrons. The van der Waals surface area contributed by atoms with Crippen LogP contribution in [0, 0.1) is 22.7 Å². The first-order chi connectivity index (χ1) is 11.9. The third-order valence-electron chi connectivity index (χ3n) is 5.71. The van der Waals surface area contributed by atoms with Crippen molar-refractivity contribution >= 4 is 17.6 Å². The Morgan fingerprint density at radius 2 is 2.04 bits per heavy atom. The SMILES string of the molecule is COC(=O)[C@]1(C)CN([C@@H]2CCN(c3ccc(C#N)cc3)C2=O)C[C@H]1C. The molecule has 0 N–H and O–H groups in total. The van der Waals surface area contributed by atoms with E-state index in [9.17, 15) is 9.59 Å². The molecule has 6 nitrogen and oxygen atoms in total. The highest BCUT2D eigenvalue weighted by Gasteiger charge is 2.51. The Kier molecular flexibility index (Phi) is 4.53. The van der Waals surface area contributed by atoms with Crippen molar-refractivity contribution in [2.75, 3.05) is 31.6 Å². The Labute approximate surface area is 148 Å². The smallest absolute Gasteiger partial charge is 0.313 e. The number of methoxy groups -OCH3 is 1. The van der Waals surface area contributed by atoms with E-state index in [2.05, 4.69) is 11.0 Å². The summed E-state index contributed by atoms with van der Waals surface area (Å²) in [5.74, 6) is -0.0142. The van der Waals surface area contributed by atoms with E-state index in [-0.39, 0.29) is 23.8 Å². The topological polar surface area (TPSA) is 73.6 Å². The van der Waals surface area contributed by atoms with Gasteiger partial charge in [-0.3, -0.25) is 14.5 Å². The molecule has 25 heavy (non-hydrogen) atoms. The maximum Gasteiger partial charge on any atom is 0.313 e. The summed E-state index contributed by atoms with van der Waals surface area (Å²) in [6.07, 6.45) is 0.739. The molecule has 0 unspecified atom stereocenters. The maximum atomic E-state index is 12.9. The number of carbonyl (C=O) groups excluding carboxylic acids is 2. The van der Waals surface area contributed by atoms with Gasteiger partial charge in [0.2, 0.25) is 5.91 Å². The van der Waals surface area contributed by atoms with Crippen molar-refractivity contribution in [3.05, 3.63) is 29.8 Å². The molecule has 0 aromatic heterocycles. The molecule has 0 spiro atoms. The van der Waals surface area contributed by atoms with Crippen LogP contribution in [0.3, 0.4) is 0 Å². The van der Waals surface area contributed by atoms with Crippen LogP contribution in [-0.2, 0) is 14.3 Å². The number of ether oxygens (including phenoxy) is 1. The first-order valence-electron chi connectivity index (χ1n) is 8.54. The minimum Gasteiger partial charge on any atom is -0.469 e. The number of likely N-dealkylation sites (tertiary alicyclic amines) is 1. The standard InChI is InChI=1S/C19H23N3O3/c1-13-11-21(12-19(13,2)18(24)25-3)16-8-9-22(17(16)23)15-6-4-14(10-20)5-7-15/h4-7,13,16H,8-9,11-12H2,1-3H3/t13-,16-,19-/m1/s1. The number of rotatable bonds is 3. The van der Waals surface area contributed by atoms with Crippen LogP contribution < -0.4 is 4.90 Å². The summed E-state index contributed by atoms with van der Waals surface area (Å²) in [7, 11) is 1.41. The molecular formula is C19H23N3O3. The summed E-state index contributed by atoms with van der Waals surface area (Å²) >= 11 is 0. The fourth-order valence-corrected chi connectivity index (χ4v) is 3.91. The lowest BCUT2D eigenvalue weighted by molar-refractivity contribution is -0.153. The zero-order chi connectivity index (χ0) is 18.2. The lowest BCUT2D eigenvalue weighted by atomic mass is 9.81. The lowest BCUT2D eigenvalue weighted by Gasteiger charge is -2.26. The van der Waals surface area contributed by atoms with E-state index in [1.54, 1.807) is 17.0 Å². The first kappa shape index (κ1) is 17.4. The Morgan fingerprint density at radius 1 is 1.36 bits per heavy atom. The van der Waals surface area contributed by atoms with Gasteiger partial charge in [-0.15, -0.1) is 0 Å². The van der Waals surface area contributed by atoms with Crippen LogP contribution in [0.15, 0.2) is 24.3 Å². The van der Waals surface area contributed by atoms with Gasteiger partial charge in [0.25, 0.3) is 0 Å². The van der Waals surface area contributed by atoms with Gasteiger partial charge in [0.1, 0.15) is 0 Å². The molecule has 1 aromatic rings. The van der Waals surface area contributed by atoms with Crippen LogP contribution in [0.4, 0.5) is 5.69 Å². The van der Waals surface area contributed by atoms with Crippen molar-refractivity contribution in [3.63, 3.8) is 0 Å². The summed E-state index contributed by atoms with van der Waals surface area (Å²) in [4.78, 5) is 29.0. The molecule has 2 aliphatic heterocycles. The largest absolute Gasteiger partial charge is 0.469 e. The van der Waals surface area contributed by atoms with E-state index in [4.69, 9.17) is 10.00 Å². The molecule has 1 amide bonds. The summed E-state index contributed by atoms with van der Waals surface area (Å²) < 4.78 is 4.97. The Morgan fingerprint density at radius 3 is 2.64 bits per heavy atom. The number of benzene rings is 1. The highest BCUT2D eigenvalue weighted by molar-refractivity contribution is 5.99. The third-order valence-corrected chi connectivity index (χ3v) is 5.71. The molecule has 0 bridgehead atoms. The molecule has 0 saturated carbocycles. The quantitative estimate of drug-likeness (QED) is 0.784. The number of hydrogen-bond donors (Lipinski definition) is 0. The second-order valence-corrected chi connectivity index (χ2v) is 7.19. The van der Waals surface area contributed by atoms with Crippen molar-refractivity contribution in [3.8, 4) is 6.07 Å². The fourth-order valence-electron chi connectivity index (χ4n) is 3.91. The van der Waals surface area contributed by atoms with Gasteiger partial charge in [-0.1, -0.05) is 6.92 Å². The number of anilines is 1. The normalized spacial score (nSPS) is 29.7. The minimum atomic E-state index is -0.573. The molecule has 2 heterocycles. The van der Waals surface area contributed by atoms with Gasteiger partial charge >= 0.3 is 5.97 Å². The van der Waals surface area contributed by atoms with Crippen molar-refractivity contribution in [2.45, 2.75) is 26.3 Å². The Bertz CT molecular complexity index is 724. The average Bonchev–Trinajstić information content (AvgIpc) is 3.15. The van der Waals surface area contributed by atoms with Crippen molar-refractivity contribution < 1.29 is 14.3 Å². The van der Waals surface area contributed by atoms with Gasteiger partial charge in [-0.05, 0) is 43.5 Å². The predicted molar refractivity (Wildman–Crippen MR) is 92.8 cm³/mol. The highest BCUT2D eigenvalue weighted by atomic mass is 16.5. The van der Waals surface area contributed by atoms with E-state index in [0.717, 1.165) is 12.1 Å². The highest BCUT2D eigenvalue weighted by Crippen LogP contribution is 2.39. The van der Waals surface area contributed by atoms with E-state index in [1.165, 1.54) is 7.11 Å². The van der Waals surface area contributed by atoms with Crippen LogP contribution in [-0.4, -0.2) is 49.6 Å². The van der Waals surface area contributed by atoms with Crippen LogP contribution >= 0.6 is 0 Å². The van der Waals surface area contributed by atoms with Gasteiger partial charge < -0.3 is 9.64 Å². The third kappa shape index (κ3) is 2.89. The Hall–Kier alpha value is -2.39. The summed E-state index contributed by atoms with van der Waals surface area (Å²) in [5.41, 5.74) is 0.820. The number of esters is 1. The lowest BCUT2D eigenvalue weighted by Crippen LogP contribution is -2.42. The molecule has 2 aliphatic rings. The molecule has 3 rings (SSSR count). The molecule has 2 fully saturated rings. The molecular weight excluding hydrogens is 318 g/mol. The number of nitriles is 1. The molecule has 6 heteroatoms. The second kappa shape index (κ2) is 6.49. The number of hydrogen-bond acceptors (Lipinski definition) is 5. The van der Waals surface area contributed by atoms with Crippen molar-refractivity contribution in [1.29, 1.82) is 5.26 Å². The zero-order valence-corrected chi connectivity index (χ0v) is 14.9. The monoisotopic (exact) mass is 341 g/mol. The first-order valence-corrected chi connectivity index (χ1v) is 8.54. The fraction of sp³-hybridized carbons (Fsp3) is 0.526. The van der Waals surface area contributed by atoms with Crippen LogP contribution in [0.1, 0.15) is 25.8 Å². The van der Waals surface area contributed by atoms with E-state index < -0.39 is 5.41 Å². The summed E-state index contributed by atoms with van der Waals surface area (Å²) in [6, 6.07) is 8.95. The molecule has 132 valence electrons. The van der Waals surface area contributed by atoms with E-state index in [1.807, 2.05) is 26.0 Å². The zero-order valence-electron chi connectivity index (χ0n) is 14.9. The van der Waals surface area contributed by atoms with Crippen LogP contribution in [0.25, 0.3) is 0 Å². The molecule has 3 atom stereocenters. The van der Waals surface area contributed by atoms with E-state index >= 15 is 0 Å². The number of carbonyl (C=O) groups is 2. The van der Waals surface area contributed by atoms with Gasteiger partial charge in [-0.25, -0.2) is 0 Å². The van der Waals surface area contributed by atoms with Crippen molar-refractivity contribution in [1.82, 2.24) is 4.90 Å². The second-order valence-electron chi connectivity index (χ2n) is 7.19. The number of nitrogens with zero attached hydrogens (tertiary/aromatic N) is 3. The minimum absolute atomic E-state index is 0.0611. The van der Waals surface area contributed by atoms with Gasteiger partial charge in [0.15, 0.2) is 0 Å². The predicted octanol–water partition coefficient (Wildman–Crippen LogP) is 1.79.